The molecular formula is C30H34O6. The Balaban J connectivity index is 1.88. The molecule has 0 spiro atoms. The van der Waals surface area contributed by atoms with E-state index in [-0.39, 0.29) is 45.3 Å². The molecule has 0 fully saturated rings. The number of hydrogen-bond acceptors (Lipinski definition) is 6. The molecule has 0 bridgehead atoms. The first-order valence-corrected chi connectivity index (χ1v) is 12.1. The standard InChI is InChI=1S/C30H34O6/c1-18(2)7-5-6-8-19(3)9-10-20(4)11-13-23-25(33)16-26(34)29-27(35)17-28(36-30(23)29)22-14-12-21(31)15-24(22)32/h7-8,11-12,14-17,31-34H,5-6,9-10,13H2,1-4H3/b19-8+,20-11+. The summed E-state index contributed by atoms with van der Waals surface area (Å²) in [5.74, 6) is -0.895. The Bertz CT molecular complexity index is 1400. The zero-order valence-electron chi connectivity index (χ0n) is 21.3. The zero-order chi connectivity index (χ0) is 26.4. The molecule has 0 saturated carbocycles. The van der Waals surface area contributed by atoms with Crippen molar-refractivity contribution in [2.45, 2.75) is 59.8 Å². The summed E-state index contributed by atoms with van der Waals surface area (Å²) in [6.45, 7) is 8.35. The monoisotopic (exact) mass is 490 g/mol. The number of allylic oxidation sites excluding steroid dienone is 6. The summed E-state index contributed by atoms with van der Waals surface area (Å²) in [6, 6.07) is 6.25. The van der Waals surface area contributed by atoms with E-state index in [1.54, 1.807) is 0 Å². The summed E-state index contributed by atoms with van der Waals surface area (Å²) in [7, 11) is 0. The fraction of sp³-hybridized carbons (Fsp3) is 0.300. The van der Waals surface area contributed by atoms with Gasteiger partial charge in [0.15, 0.2) is 5.43 Å². The maximum Gasteiger partial charge on any atom is 0.197 e. The van der Waals surface area contributed by atoms with Crippen LogP contribution in [0.3, 0.4) is 0 Å². The highest BCUT2D eigenvalue weighted by Gasteiger charge is 2.19. The Kier molecular flexibility index (Phi) is 8.64. The lowest BCUT2D eigenvalue weighted by molar-refractivity contribution is 0.447. The van der Waals surface area contributed by atoms with E-state index in [1.165, 1.54) is 29.3 Å². The molecule has 190 valence electrons. The fourth-order valence-corrected chi connectivity index (χ4v) is 3.99. The van der Waals surface area contributed by atoms with Gasteiger partial charge in [-0.25, -0.2) is 0 Å². The lowest BCUT2D eigenvalue weighted by Crippen LogP contribution is -2.03. The number of hydrogen-bond donors (Lipinski definition) is 4. The maximum atomic E-state index is 12.8. The Morgan fingerprint density at radius 3 is 2.14 bits per heavy atom. The van der Waals surface area contributed by atoms with Crippen LogP contribution in [0, 0.1) is 0 Å². The van der Waals surface area contributed by atoms with Crippen molar-refractivity contribution >= 4 is 11.0 Å². The Labute approximate surface area is 211 Å². The van der Waals surface area contributed by atoms with Crippen LogP contribution in [0.25, 0.3) is 22.3 Å². The van der Waals surface area contributed by atoms with Gasteiger partial charge < -0.3 is 24.8 Å². The fourth-order valence-electron chi connectivity index (χ4n) is 3.99. The van der Waals surface area contributed by atoms with Gasteiger partial charge in [0.1, 0.15) is 39.7 Å². The second-order valence-corrected chi connectivity index (χ2v) is 9.44. The summed E-state index contributed by atoms with van der Waals surface area (Å²) < 4.78 is 5.94. The number of benzene rings is 2. The van der Waals surface area contributed by atoms with Crippen molar-refractivity contribution in [2.24, 2.45) is 0 Å². The predicted molar refractivity (Wildman–Crippen MR) is 144 cm³/mol. The molecule has 2 aromatic carbocycles. The molecule has 1 heterocycles. The molecule has 0 amide bonds. The van der Waals surface area contributed by atoms with Gasteiger partial charge in [0.25, 0.3) is 0 Å². The molecule has 0 unspecified atom stereocenters. The molecule has 6 heteroatoms. The van der Waals surface area contributed by atoms with Crippen LogP contribution in [-0.2, 0) is 6.42 Å². The third kappa shape index (κ3) is 6.60. The van der Waals surface area contributed by atoms with Crippen molar-refractivity contribution in [3.8, 4) is 34.3 Å². The molecule has 36 heavy (non-hydrogen) atoms. The summed E-state index contributed by atoms with van der Waals surface area (Å²) >= 11 is 0. The number of fused-ring (bicyclic) bond motifs is 1. The Morgan fingerprint density at radius 1 is 0.806 bits per heavy atom. The van der Waals surface area contributed by atoms with Gasteiger partial charge >= 0.3 is 0 Å². The van der Waals surface area contributed by atoms with Crippen molar-refractivity contribution in [3.63, 3.8) is 0 Å². The quantitative estimate of drug-likeness (QED) is 0.186. The van der Waals surface area contributed by atoms with Gasteiger partial charge in [-0.2, -0.15) is 0 Å². The highest BCUT2D eigenvalue weighted by molar-refractivity contribution is 5.89. The molecule has 0 aliphatic rings. The lowest BCUT2D eigenvalue weighted by atomic mass is 10.0. The van der Waals surface area contributed by atoms with Gasteiger partial charge in [0.05, 0.1) is 5.56 Å². The molecule has 4 N–H and O–H groups in total. The van der Waals surface area contributed by atoms with Crippen LogP contribution in [0.2, 0.25) is 0 Å². The summed E-state index contributed by atoms with van der Waals surface area (Å²) in [4.78, 5) is 12.8. The molecule has 3 aromatic rings. The van der Waals surface area contributed by atoms with E-state index in [2.05, 4.69) is 32.9 Å². The second-order valence-electron chi connectivity index (χ2n) is 9.44. The molecule has 1 aromatic heterocycles. The summed E-state index contributed by atoms with van der Waals surface area (Å²) in [5, 5.41) is 40.7. The molecular weight excluding hydrogens is 456 g/mol. The minimum Gasteiger partial charge on any atom is -0.508 e. The van der Waals surface area contributed by atoms with Gasteiger partial charge in [0.2, 0.25) is 0 Å². The number of phenolic OH excluding ortho intramolecular Hbond substituents is 4. The Hall–Kier alpha value is -3.93. The van der Waals surface area contributed by atoms with Crippen LogP contribution in [0.4, 0.5) is 0 Å². The lowest BCUT2D eigenvalue weighted by Gasteiger charge is -2.11. The van der Waals surface area contributed by atoms with E-state index in [0.29, 0.717) is 12.0 Å². The van der Waals surface area contributed by atoms with Crippen molar-refractivity contribution < 1.29 is 24.8 Å². The third-order valence-corrected chi connectivity index (χ3v) is 6.09. The minimum atomic E-state index is -0.507. The van der Waals surface area contributed by atoms with E-state index < -0.39 is 5.43 Å². The first-order chi connectivity index (χ1) is 17.1. The van der Waals surface area contributed by atoms with Gasteiger partial charge in [-0.05, 0) is 71.9 Å². The molecule has 0 saturated heterocycles. The van der Waals surface area contributed by atoms with Crippen LogP contribution < -0.4 is 5.43 Å². The molecule has 6 nitrogen and oxygen atoms in total. The van der Waals surface area contributed by atoms with Crippen LogP contribution >= 0.6 is 0 Å². The molecule has 0 aliphatic heterocycles. The molecule has 3 rings (SSSR count). The smallest absolute Gasteiger partial charge is 0.197 e. The van der Waals surface area contributed by atoms with Crippen LogP contribution in [-0.4, -0.2) is 20.4 Å². The van der Waals surface area contributed by atoms with Crippen molar-refractivity contribution in [1.29, 1.82) is 0 Å². The van der Waals surface area contributed by atoms with E-state index in [9.17, 15) is 25.2 Å². The zero-order valence-corrected chi connectivity index (χ0v) is 21.3. The van der Waals surface area contributed by atoms with Crippen molar-refractivity contribution in [2.75, 3.05) is 0 Å². The minimum absolute atomic E-state index is 0.0361. The van der Waals surface area contributed by atoms with Gasteiger partial charge in [-0.1, -0.05) is 34.9 Å². The second kappa shape index (κ2) is 11.7. The van der Waals surface area contributed by atoms with Crippen LogP contribution in [0.15, 0.2) is 74.5 Å². The molecule has 0 radical (unpaired) electrons. The maximum absolute atomic E-state index is 12.8. The van der Waals surface area contributed by atoms with E-state index >= 15 is 0 Å². The van der Waals surface area contributed by atoms with Gasteiger partial charge in [-0.3, -0.25) is 4.79 Å². The van der Waals surface area contributed by atoms with Crippen LogP contribution in [0.1, 0.15) is 58.9 Å². The van der Waals surface area contributed by atoms with Gasteiger partial charge in [0, 0.05) is 23.8 Å². The van der Waals surface area contributed by atoms with Gasteiger partial charge in [-0.15, -0.1) is 0 Å². The number of phenols is 4. The summed E-state index contributed by atoms with van der Waals surface area (Å²) in [5.41, 5.74) is 3.91. The van der Waals surface area contributed by atoms with Crippen LogP contribution in [0.5, 0.6) is 23.0 Å². The van der Waals surface area contributed by atoms with E-state index in [1.807, 2.05) is 13.0 Å². The van der Waals surface area contributed by atoms with E-state index in [0.717, 1.165) is 43.4 Å². The van der Waals surface area contributed by atoms with E-state index in [4.69, 9.17) is 4.42 Å². The Morgan fingerprint density at radius 2 is 1.47 bits per heavy atom. The largest absolute Gasteiger partial charge is 0.508 e. The number of rotatable bonds is 9. The number of aromatic hydroxyl groups is 4. The first kappa shape index (κ1) is 26.7. The summed E-state index contributed by atoms with van der Waals surface area (Å²) in [6.07, 6.45) is 10.6. The van der Waals surface area contributed by atoms with Crippen molar-refractivity contribution in [1.82, 2.24) is 0 Å². The van der Waals surface area contributed by atoms with Crippen molar-refractivity contribution in [3.05, 3.63) is 81.1 Å². The highest BCUT2D eigenvalue weighted by atomic mass is 16.3. The normalized spacial score (nSPS) is 12.2. The third-order valence-electron chi connectivity index (χ3n) is 6.09. The molecule has 0 aliphatic carbocycles. The SMILES string of the molecule is CC(C)=CCC/C=C(\C)CC/C(C)=C/Cc1c(O)cc(O)c2c(=O)cc(-c3ccc(O)cc3O)oc12. The average molecular weight is 491 g/mol. The average Bonchev–Trinajstić information content (AvgIpc) is 2.79. The predicted octanol–water partition coefficient (Wildman–Crippen LogP) is 7.24. The topological polar surface area (TPSA) is 111 Å². The highest BCUT2D eigenvalue weighted by Crippen LogP contribution is 2.38. The molecule has 0 atom stereocenters. The number of unbranched alkanes of at least 4 members (excludes halogenated alkanes) is 1. The first-order valence-electron chi connectivity index (χ1n) is 12.1.